The van der Waals surface area contributed by atoms with Gasteiger partial charge in [-0.2, -0.15) is 10.2 Å². The van der Waals surface area contributed by atoms with Gasteiger partial charge in [0.15, 0.2) is 11.4 Å². The van der Waals surface area contributed by atoms with Gasteiger partial charge >= 0.3 is 0 Å². The second-order valence-electron chi connectivity index (χ2n) is 8.67. The smallest absolute Gasteiger partial charge is 0.255 e. The van der Waals surface area contributed by atoms with Gasteiger partial charge in [-0.05, 0) is 43.5 Å². The van der Waals surface area contributed by atoms with Crippen molar-refractivity contribution >= 4 is 28.6 Å². The van der Waals surface area contributed by atoms with Crippen molar-refractivity contribution in [1.29, 1.82) is 5.26 Å². The first-order chi connectivity index (χ1) is 17.4. The molecule has 2 N–H and O–H groups in total. The molecule has 1 aliphatic heterocycles. The first-order valence-corrected chi connectivity index (χ1v) is 11.5. The Morgan fingerprint density at radius 2 is 2.00 bits per heavy atom. The third-order valence-corrected chi connectivity index (χ3v) is 6.06. The molecule has 0 aromatic carbocycles. The van der Waals surface area contributed by atoms with Gasteiger partial charge in [-0.1, -0.05) is 0 Å². The maximum atomic E-state index is 12.8. The van der Waals surface area contributed by atoms with E-state index in [0.717, 1.165) is 5.56 Å². The molecule has 5 rings (SSSR count). The minimum atomic E-state index is -0.339. The van der Waals surface area contributed by atoms with Crippen LogP contribution in [0, 0.1) is 18.3 Å². The number of piperidine rings is 1. The van der Waals surface area contributed by atoms with Crippen molar-refractivity contribution in [3.63, 3.8) is 0 Å². The molecule has 36 heavy (non-hydrogen) atoms. The van der Waals surface area contributed by atoms with Crippen LogP contribution in [0.3, 0.4) is 0 Å². The number of imidazole rings is 1. The monoisotopic (exact) mass is 484 g/mol. The number of hydrogen-bond donors (Lipinski definition) is 2. The lowest BCUT2D eigenvalue weighted by Crippen LogP contribution is -2.40. The molecule has 0 radical (unpaired) electrons. The summed E-state index contributed by atoms with van der Waals surface area (Å²) in [4.78, 5) is 32.0. The van der Waals surface area contributed by atoms with Crippen molar-refractivity contribution in [2.75, 3.05) is 18.4 Å². The van der Waals surface area contributed by atoms with Gasteiger partial charge in [0.25, 0.3) is 5.91 Å². The molecule has 11 nitrogen and oxygen atoms in total. The molecule has 1 saturated heterocycles. The maximum Gasteiger partial charge on any atom is 0.255 e. The average molecular weight is 485 g/mol. The number of aliphatic hydroxyl groups excluding tert-OH is 1. The largest absolute Gasteiger partial charge is 0.437 e. The molecule has 1 amide bonds. The molecular formula is C25H24N8O3. The zero-order valence-corrected chi connectivity index (χ0v) is 19.8. The lowest BCUT2D eigenvalue weighted by Gasteiger charge is -2.29. The summed E-state index contributed by atoms with van der Waals surface area (Å²) in [5.74, 6) is 1.24. The van der Waals surface area contributed by atoms with E-state index in [2.05, 4.69) is 25.3 Å². The van der Waals surface area contributed by atoms with Gasteiger partial charge in [0.2, 0.25) is 5.88 Å². The lowest BCUT2D eigenvalue weighted by atomic mass is 10.1. The number of ether oxygens (including phenoxy) is 1. The highest BCUT2D eigenvalue weighted by Gasteiger charge is 2.22. The minimum absolute atomic E-state index is 0.0981. The first-order valence-electron chi connectivity index (χ1n) is 11.5. The number of nitriles is 1. The zero-order valence-electron chi connectivity index (χ0n) is 19.8. The summed E-state index contributed by atoms with van der Waals surface area (Å²) in [5, 5.41) is 22.0. The Balaban J connectivity index is 1.39. The number of anilines is 2. The molecule has 4 aromatic rings. The standard InChI is InChI=1S/C25H24N8O3/c1-15-9-17(11-26)27-13-20(15)36-22-10-19(23-24(31-22)32(2)14-29-23)30-21-4-3-16(12-28-21)25(35)33-7-5-18(34)6-8-33/h3-4,9-10,12-14,18,34H,5-8H2,1-2H3,(H,28,30,31). The zero-order chi connectivity index (χ0) is 25.2. The van der Waals surface area contributed by atoms with Crippen LogP contribution in [0.4, 0.5) is 11.5 Å². The number of hydrogen-bond acceptors (Lipinski definition) is 9. The van der Waals surface area contributed by atoms with Crippen molar-refractivity contribution in [3.8, 4) is 17.7 Å². The van der Waals surface area contributed by atoms with Crippen LogP contribution in [-0.2, 0) is 7.05 Å². The van der Waals surface area contributed by atoms with Crippen molar-refractivity contribution in [2.24, 2.45) is 7.05 Å². The Hall–Kier alpha value is -4.56. The van der Waals surface area contributed by atoms with Gasteiger partial charge in [-0.25, -0.2) is 15.0 Å². The van der Waals surface area contributed by atoms with Crippen LogP contribution >= 0.6 is 0 Å². The summed E-state index contributed by atoms with van der Waals surface area (Å²) in [6, 6.07) is 8.83. The first kappa shape index (κ1) is 23.2. The van der Waals surface area contributed by atoms with Gasteiger partial charge in [0.1, 0.15) is 23.1 Å². The summed E-state index contributed by atoms with van der Waals surface area (Å²) in [7, 11) is 1.84. The number of amides is 1. The molecule has 5 heterocycles. The number of nitrogens with zero attached hydrogens (tertiary/aromatic N) is 7. The Morgan fingerprint density at radius 1 is 1.19 bits per heavy atom. The van der Waals surface area contributed by atoms with Gasteiger partial charge in [-0.3, -0.25) is 4.79 Å². The normalized spacial score (nSPS) is 14.0. The van der Waals surface area contributed by atoms with Crippen molar-refractivity contribution in [1.82, 2.24) is 29.4 Å². The van der Waals surface area contributed by atoms with E-state index in [4.69, 9.17) is 10.00 Å². The van der Waals surface area contributed by atoms with E-state index >= 15 is 0 Å². The van der Waals surface area contributed by atoms with Crippen LogP contribution in [0.15, 0.2) is 43.0 Å². The van der Waals surface area contributed by atoms with E-state index in [-0.39, 0.29) is 12.0 Å². The highest BCUT2D eigenvalue weighted by atomic mass is 16.5. The van der Waals surface area contributed by atoms with E-state index in [1.807, 2.05) is 20.0 Å². The fourth-order valence-electron chi connectivity index (χ4n) is 4.03. The van der Waals surface area contributed by atoms with E-state index in [1.165, 1.54) is 12.4 Å². The molecule has 0 bridgehead atoms. The van der Waals surface area contributed by atoms with Crippen molar-refractivity contribution < 1.29 is 14.6 Å². The Labute approximate surface area is 207 Å². The van der Waals surface area contributed by atoms with Crippen LogP contribution in [-0.4, -0.2) is 59.6 Å². The van der Waals surface area contributed by atoms with E-state index in [0.29, 0.717) is 71.5 Å². The minimum Gasteiger partial charge on any atom is -0.437 e. The molecule has 0 unspecified atom stereocenters. The van der Waals surface area contributed by atoms with E-state index < -0.39 is 0 Å². The Bertz CT molecular complexity index is 1470. The average Bonchev–Trinajstić information content (AvgIpc) is 3.26. The maximum absolute atomic E-state index is 12.8. The molecule has 1 aliphatic rings. The molecule has 0 saturated carbocycles. The summed E-state index contributed by atoms with van der Waals surface area (Å²) in [6.45, 7) is 2.90. The fourth-order valence-corrected chi connectivity index (χ4v) is 4.03. The molecular weight excluding hydrogens is 460 g/mol. The molecule has 182 valence electrons. The van der Waals surface area contributed by atoms with Crippen LogP contribution < -0.4 is 10.1 Å². The Morgan fingerprint density at radius 3 is 2.69 bits per heavy atom. The summed E-state index contributed by atoms with van der Waals surface area (Å²) in [6.07, 6.45) is 5.53. The number of carbonyl (C=O) groups excluding carboxylic acids is 1. The number of likely N-dealkylation sites (tertiary alicyclic amines) is 1. The Kier molecular flexibility index (Phi) is 6.18. The highest BCUT2D eigenvalue weighted by Crippen LogP contribution is 2.31. The third kappa shape index (κ3) is 4.67. The van der Waals surface area contributed by atoms with Gasteiger partial charge in [0, 0.05) is 32.4 Å². The molecule has 0 spiro atoms. The van der Waals surface area contributed by atoms with Crippen LogP contribution in [0.1, 0.15) is 34.5 Å². The van der Waals surface area contributed by atoms with Gasteiger partial charge in [0.05, 0.1) is 29.9 Å². The predicted molar refractivity (Wildman–Crippen MR) is 131 cm³/mol. The third-order valence-electron chi connectivity index (χ3n) is 6.06. The number of carbonyl (C=O) groups is 1. The molecule has 4 aromatic heterocycles. The molecule has 1 fully saturated rings. The van der Waals surface area contributed by atoms with E-state index in [1.54, 1.807) is 40.1 Å². The van der Waals surface area contributed by atoms with Crippen LogP contribution in [0.25, 0.3) is 11.2 Å². The van der Waals surface area contributed by atoms with Gasteiger partial charge in [-0.15, -0.1) is 0 Å². The number of fused-ring (bicyclic) bond motifs is 1. The fraction of sp³-hybridized carbons (Fsp3) is 0.280. The highest BCUT2D eigenvalue weighted by molar-refractivity contribution is 5.94. The predicted octanol–water partition coefficient (Wildman–Crippen LogP) is 3.07. The molecule has 11 heteroatoms. The summed E-state index contributed by atoms with van der Waals surface area (Å²) in [5.41, 5.74) is 3.42. The number of pyridine rings is 3. The second kappa shape index (κ2) is 9.59. The summed E-state index contributed by atoms with van der Waals surface area (Å²) < 4.78 is 7.77. The number of aryl methyl sites for hydroxylation is 2. The van der Waals surface area contributed by atoms with Gasteiger partial charge < -0.3 is 24.6 Å². The van der Waals surface area contributed by atoms with Crippen LogP contribution in [0.2, 0.25) is 0 Å². The number of nitrogens with one attached hydrogen (secondary N) is 1. The lowest BCUT2D eigenvalue weighted by molar-refractivity contribution is 0.0546. The molecule has 0 aliphatic carbocycles. The SMILES string of the molecule is Cc1cc(C#N)ncc1Oc1cc(Nc2ccc(C(=O)N3CCC(O)CC3)cn2)c2ncn(C)c2n1. The van der Waals surface area contributed by atoms with Crippen LogP contribution in [0.5, 0.6) is 11.6 Å². The van der Waals surface area contributed by atoms with Crippen molar-refractivity contribution in [3.05, 3.63) is 59.8 Å². The second-order valence-corrected chi connectivity index (χ2v) is 8.67. The van der Waals surface area contributed by atoms with E-state index in [9.17, 15) is 9.90 Å². The topological polar surface area (TPSA) is 142 Å². The number of aromatic nitrogens is 5. The number of aliphatic hydroxyl groups is 1. The number of rotatable bonds is 5. The molecule has 0 atom stereocenters. The van der Waals surface area contributed by atoms with Crippen molar-refractivity contribution in [2.45, 2.75) is 25.9 Å². The quantitative estimate of drug-likeness (QED) is 0.437. The summed E-state index contributed by atoms with van der Waals surface area (Å²) >= 11 is 0.